The lowest BCUT2D eigenvalue weighted by Gasteiger charge is -2.17. The van der Waals surface area contributed by atoms with Crippen molar-refractivity contribution in [1.29, 1.82) is 0 Å². The monoisotopic (exact) mass is 305 g/mol. The van der Waals surface area contributed by atoms with Crippen LogP contribution in [0.1, 0.15) is 22.9 Å². The van der Waals surface area contributed by atoms with Gasteiger partial charge in [-0.2, -0.15) is 0 Å². The van der Waals surface area contributed by atoms with Crippen LogP contribution in [-0.4, -0.2) is 4.98 Å². The van der Waals surface area contributed by atoms with E-state index in [4.69, 9.17) is 5.84 Å². The molecule has 18 heavy (non-hydrogen) atoms. The summed E-state index contributed by atoms with van der Waals surface area (Å²) in [5.74, 6) is 5.67. The molecule has 94 valence electrons. The molecule has 1 aromatic heterocycles. The van der Waals surface area contributed by atoms with Crippen LogP contribution in [-0.2, 0) is 6.42 Å². The number of aryl methyl sites for hydroxylation is 1. The van der Waals surface area contributed by atoms with Crippen molar-refractivity contribution >= 4 is 15.9 Å². The van der Waals surface area contributed by atoms with Crippen molar-refractivity contribution in [3.05, 3.63) is 63.9 Å². The summed E-state index contributed by atoms with van der Waals surface area (Å²) >= 11 is 3.56. The molecule has 0 saturated carbocycles. The number of rotatable bonds is 4. The second-order valence-electron chi connectivity index (χ2n) is 4.25. The Labute approximate surface area is 116 Å². The number of hydrogen-bond acceptors (Lipinski definition) is 3. The lowest BCUT2D eigenvalue weighted by atomic mass is 10.00. The standard InChI is InChI=1S/C14H16BrN3/c1-10-8-12(6-7-17-10)14(18-16)9-11-4-2-3-5-13(11)15/h2-8,14,18H,9,16H2,1H3. The van der Waals surface area contributed by atoms with Gasteiger partial charge in [0.15, 0.2) is 0 Å². The van der Waals surface area contributed by atoms with Gasteiger partial charge in [0.25, 0.3) is 0 Å². The molecule has 1 unspecified atom stereocenters. The predicted molar refractivity (Wildman–Crippen MR) is 76.9 cm³/mol. The van der Waals surface area contributed by atoms with Gasteiger partial charge in [-0.3, -0.25) is 16.3 Å². The molecule has 1 aromatic carbocycles. The maximum atomic E-state index is 5.67. The average molecular weight is 306 g/mol. The highest BCUT2D eigenvalue weighted by molar-refractivity contribution is 9.10. The Bertz CT molecular complexity index is 528. The molecule has 0 fully saturated rings. The molecule has 0 saturated heterocycles. The van der Waals surface area contributed by atoms with E-state index in [1.807, 2.05) is 37.4 Å². The van der Waals surface area contributed by atoms with Gasteiger partial charge in [0.1, 0.15) is 0 Å². The number of nitrogens with zero attached hydrogens (tertiary/aromatic N) is 1. The molecule has 1 heterocycles. The highest BCUT2D eigenvalue weighted by atomic mass is 79.9. The molecule has 3 nitrogen and oxygen atoms in total. The lowest BCUT2D eigenvalue weighted by molar-refractivity contribution is 0.550. The number of hydrazine groups is 1. The summed E-state index contributed by atoms with van der Waals surface area (Å²) in [5.41, 5.74) is 6.26. The van der Waals surface area contributed by atoms with Crippen LogP contribution in [0.25, 0.3) is 0 Å². The molecule has 0 aliphatic heterocycles. The van der Waals surface area contributed by atoms with Crippen LogP contribution in [0.3, 0.4) is 0 Å². The summed E-state index contributed by atoms with van der Waals surface area (Å²) in [6.45, 7) is 1.98. The van der Waals surface area contributed by atoms with Gasteiger partial charge in [-0.15, -0.1) is 0 Å². The van der Waals surface area contributed by atoms with Crippen LogP contribution >= 0.6 is 15.9 Å². The fourth-order valence-electron chi connectivity index (χ4n) is 1.94. The number of aromatic nitrogens is 1. The Morgan fingerprint density at radius 1 is 1.33 bits per heavy atom. The molecule has 4 heteroatoms. The van der Waals surface area contributed by atoms with Crippen LogP contribution in [0, 0.1) is 6.92 Å². The van der Waals surface area contributed by atoms with E-state index < -0.39 is 0 Å². The second kappa shape index (κ2) is 6.09. The van der Waals surface area contributed by atoms with Crippen molar-refractivity contribution in [3.8, 4) is 0 Å². The molecular formula is C14H16BrN3. The molecule has 0 aliphatic carbocycles. The Morgan fingerprint density at radius 3 is 2.78 bits per heavy atom. The molecule has 2 rings (SSSR count). The van der Waals surface area contributed by atoms with Gasteiger partial charge >= 0.3 is 0 Å². The largest absolute Gasteiger partial charge is 0.271 e. The molecule has 0 radical (unpaired) electrons. The van der Waals surface area contributed by atoms with Crippen LogP contribution in [0.15, 0.2) is 47.1 Å². The maximum absolute atomic E-state index is 5.67. The quantitative estimate of drug-likeness (QED) is 0.674. The van der Waals surface area contributed by atoms with Crippen LogP contribution in [0.5, 0.6) is 0 Å². The zero-order chi connectivity index (χ0) is 13.0. The van der Waals surface area contributed by atoms with E-state index in [-0.39, 0.29) is 6.04 Å². The van der Waals surface area contributed by atoms with Crippen LogP contribution in [0.2, 0.25) is 0 Å². The summed E-state index contributed by atoms with van der Waals surface area (Å²) in [6, 6.07) is 12.3. The van der Waals surface area contributed by atoms with Crippen molar-refractivity contribution in [2.24, 2.45) is 5.84 Å². The summed E-state index contributed by atoms with van der Waals surface area (Å²) in [5, 5.41) is 0. The van der Waals surface area contributed by atoms with Gasteiger partial charge < -0.3 is 0 Å². The van der Waals surface area contributed by atoms with Gasteiger partial charge in [-0.1, -0.05) is 34.1 Å². The molecule has 0 amide bonds. The fraction of sp³-hybridized carbons (Fsp3) is 0.214. The van der Waals surface area contributed by atoms with Gasteiger partial charge in [0.05, 0.1) is 6.04 Å². The average Bonchev–Trinajstić information content (AvgIpc) is 2.38. The summed E-state index contributed by atoms with van der Waals surface area (Å²) in [7, 11) is 0. The molecule has 2 aromatic rings. The number of halogens is 1. The third kappa shape index (κ3) is 3.16. The zero-order valence-corrected chi connectivity index (χ0v) is 11.8. The number of hydrogen-bond donors (Lipinski definition) is 2. The Hall–Kier alpha value is -1.23. The van der Waals surface area contributed by atoms with Gasteiger partial charge in [0.2, 0.25) is 0 Å². The number of pyridine rings is 1. The summed E-state index contributed by atoms with van der Waals surface area (Å²) < 4.78 is 1.11. The van der Waals surface area contributed by atoms with Gasteiger partial charge in [-0.05, 0) is 42.7 Å². The number of benzene rings is 1. The zero-order valence-electron chi connectivity index (χ0n) is 10.2. The Morgan fingerprint density at radius 2 is 2.11 bits per heavy atom. The van der Waals surface area contributed by atoms with Crippen molar-refractivity contribution in [2.45, 2.75) is 19.4 Å². The third-order valence-corrected chi connectivity index (χ3v) is 3.68. The second-order valence-corrected chi connectivity index (χ2v) is 5.10. The SMILES string of the molecule is Cc1cc(C(Cc2ccccc2Br)NN)ccn1. The van der Waals surface area contributed by atoms with Crippen molar-refractivity contribution in [3.63, 3.8) is 0 Å². The van der Waals surface area contributed by atoms with Crippen molar-refractivity contribution in [2.75, 3.05) is 0 Å². The van der Waals surface area contributed by atoms with Gasteiger partial charge in [-0.25, -0.2) is 0 Å². The molecule has 1 atom stereocenters. The van der Waals surface area contributed by atoms with E-state index in [1.54, 1.807) is 0 Å². The normalized spacial score (nSPS) is 12.4. The van der Waals surface area contributed by atoms with E-state index in [0.717, 1.165) is 22.2 Å². The van der Waals surface area contributed by atoms with Crippen molar-refractivity contribution < 1.29 is 0 Å². The molecule has 0 spiro atoms. The molecular weight excluding hydrogens is 290 g/mol. The van der Waals surface area contributed by atoms with Gasteiger partial charge in [0, 0.05) is 16.4 Å². The first-order valence-electron chi connectivity index (χ1n) is 5.83. The molecule has 3 N–H and O–H groups in total. The molecule has 0 bridgehead atoms. The first-order valence-corrected chi connectivity index (χ1v) is 6.62. The summed E-state index contributed by atoms with van der Waals surface area (Å²) in [6.07, 6.45) is 2.65. The lowest BCUT2D eigenvalue weighted by Crippen LogP contribution is -2.29. The number of nitrogens with two attached hydrogens (primary N) is 1. The van der Waals surface area contributed by atoms with E-state index in [1.165, 1.54) is 5.56 Å². The first kappa shape index (κ1) is 13.2. The summed E-state index contributed by atoms with van der Waals surface area (Å²) in [4.78, 5) is 4.20. The smallest absolute Gasteiger partial charge is 0.0501 e. The van der Waals surface area contributed by atoms with Crippen molar-refractivity contribution in [1.82, 2.24) is 10.4 Å². The highest BCUT2D eigenvalue weighted by Crippen LogP contribution is 2.23. The minimum atomic E-state index is 0.0883. The van der Waals surface area contributed by atoms with Crippen LogP contribution in [0.4, 0.5) is 0 Å². The third-order valence-electron chi connectivity index (χ3n) is 2.91. The van der Waals surface area contributed by atoms with E-state index in [0.29, 0.717) is 0 Å². The highest BCUT2D eigenvalue weighted by Gasteiger charge is 2.12. The minimum Gasteiger partial charge on any atom is -0.271 e. The first-order chi connectivity index (χ1) is 8.70. The fourth-order valence-corrected chi connectivity index (χ4v) is 2.39. The minimum absolute atomic E-state index is 0.0883. The van der Waals surface area contributed by atoms with E-state index >= 15 is 0 Å². The maximum Gasteiger partial charge on any atom is 0.0501 e. The Kier molecular flexibility index (Phi) is 4.47. The molecule has 0 aliphatic rings. The van der Waals surface area contributed by atoms with E-state index in [9.17, 15) is 0 Å². The van der Waals surface area contributed by atoms with E-state index in [2.05, 4.69) is 38.5 Å². The predicted octanol–water partition coefficient (Wildman–Crippen LogP) is 2.90. The number of nitrogens with one attached hydrogen (secondary N) is 1. The van der Waals surface area contributed by atoms with Crippen LogP contribution < -0.4 is 11.3 Å². The topological polar surface area (TPSA) is 50.9 Å². The Balaban J connectivity index is 2.23.